The first-order valence-corrected chi connectivity index (χ1v) is 5.72. The van der Waals surface area contributed by atoms with Gasteiger partial charge in [0.15, 0.2) is 0 Å². The number of rotatable bonds is 6. The molecule has 0 saturated heterocycles. The van der Waals surface area contributed by atoms with E-state index in [-0.39, 0.29) is 5.91 Å². The first-order valence-electron chi connectivity index (χ1n) is 5.72. The average molecular weight is 224 g/mol. The number of nitrogens with one attached hydrogen (secondary N) is 1. The highest BCUT2D eigenvalue weighted by molar-refractivity contribution is 5.98. The Bertz CT molecular complexity index is 346. The van der Waals surface area contributed by atoms with Crippen LogP contribution in [0, 0.1) is 0 Å². The van der Waals surface area contributed by atoms with Gasteiger partial charge in [0.25, 0.3) is 5.91 Å². The van der Waals surface area contributed by atoms with Gasteiger partial charge in [-0.3, -0.25) is 9.48 Å². The monoisotopic (exact) mass is 224 g/mol. The summed E-state index contributed by atoms with van der Waals surface area (Å²) in [7, 11) is 1.72. The van der Waals surface area contributed by atoms with Gasteiger partial charge >= 0.3 is 0 Å². The van der Waals surface area contributed by atoms with Crippen molar-refractivity contribution in [2.75, 3.05) is 12.3 Å². The zero-order valence-electron chi connectivity index (χ0n) is 9.99. The summed E-state index contributed by atoms with van der Waals surface area (Å²) in [5.41, 5.74) is 6.15. The van der Waals surface area contributed by atoms with Crippen molar-refractivity contribution >= 4 is 11.7 Å². The molecule has 1 amide bonds. The number of unbranched alkanes of at least 4 members (excludes halogenated alkanes) is 3. The van der Waals surface area contributed by atoms with Gasteiger partial charge in [-0.1, -0.05) is 26.2 Å². The normalized spacial score (nSPS) is 10.4. The summed E-state index contributed by atoms with van der Waals surface area (Å²) in [6, 6.07) is 0. The first-order chi connectivity index (χ1) is 7.66. The summed E-state index contributed by atoms with van der Waals surface area (Å²) < 4.78 is 1.49. The molecule has 0 radical (unpaired) electrons. The van der Waals surface area contributed by atoms with Crippen LogP contribution in [-0.4, -0.2) is 22.2 Å². The lowest BCUT2D eigenvalue weighted by atomic mass is 10.2. The molecule has 90 valence electrons. The minimum Gasteiger partial charge on any atom is -0.383 e. The molecular weight excluding hydrogens is 204 g/mol. The molecule has 3 N–H and O–H groups in total. The molecule has 1 rings (SSSR count). The molecule has 0 aromatic carbocycles. The van der Waals surface area contributed by atoms with E-state index in [2.05, 4.69) is 17.3 Å². The fraction of sp³-hybridized carbons (Fsp3) is 0.636. The predicted molar refractivity (Wildman–Crippen MR) is 64.1 cm³/mol. The molecule has 5 nitrogen and oxygen atoms in total. The van der Waals surface area contributed by atoms with Gasteiger partial charge in [0.1, 0.15) is 11.4 Å². The maximum Gasteiger partial charge on any atom is 0.256 e. The minimum atomic E-state index is -0.137. The van der Waals surface area contributed by atoms with Crippen molar-refractivity contribution in [1.29, 1.82) is 0 Å². The van der Waals surface area contributed by atoms with Crippen molar-refractivity contribution in [3.8, 4) is 0 Å². The molecule has 5 heteroatoms. The molecule has 0 bridgehead atoms. The molecule has 0 fully saturated rings. The van der Waals surface area contributed by atoms with Gasteiger partial charge in [0, 0.05) is 13.6 Å². The van der Waals surface area contributed by atoms with E-state index in [1.807, 2.05) is 0 Å². The average Bonchev–Trinajstić information content (AvgIpc) is 2.59. The van der Waals surface area contributed by atoms with E-state index in [4.69, 9.17) is 5.73 Å². The minimum absolute atomic E-state index is 0.137. The van der Waals surface area contributed by atoms with Crippen LogP contribution in [0.4, 0.5) is 5.82 Å². The van der Waals surface area contributed by atoms with Gasteiger partial charge in [-0.25, -0.2) is 0 Å². The van der Waals surface area contributed by atoms with Crippen molar-refractivity contribution in [1.82, 2.24) is 15.1 Å². The van der Waals surface area contributed by atoms with Crippen LogP contribution in [-0.2, 0) is 7.05 Å². The first kappa shape index (κ1) is 12.5. The number of amides is 1. The number of hydrogen-bond acceptors (Lipinski definition) is 3. The van der Waals surface area contributed by atoms with Crippen molar-refractivity contribution in [3.05, 3.63) is 11.8 Å². The van der Waals surface area contributed by atoms with E-state index >= 15 is 0 Å². The standard InChI is InChI=1S/C11H20N4O/c1-3-4-5-6-7-13-11(16)9-8-14-15(2)10(9)12/h8H,3-7,12H2,1-2H3,(H,13,16). The number of carbonyl (C=O) groups is 1. The molecule has 16 heavy (non-hydrogen) atoms. The summed E-state index contributed by atoms with van der Waals surface area (Å²) >= 11 is 0. The van der Waals surface area contributed by atoms with Crippen molar-refractivity contribution in [2.24, 2.45) is 7.05 Å². The largest absolute Gasteiger partial charge is 0.383 e. The maximum atomic E-state index is 11.7. The van der Waals surface area contributed by atoms with Crippen LogP contribution in [0.3, 0.4) is 0 Å². The van der Waals surface area contributed by atoms with E-state index in [1.165, 1.54) is 23.7 Å². The van der Waals surface area contributed by atoms with Gasteiger partial charge in [-0.2, -0.15) is 5.10 Å². The second-order valence-electron chi connectivity index (χ2n) is 3.88. The zero-order valence-corrected chi connectivity index (χ0v) is 9.99. The predicted octanol–water partition coefficient (Wildman–Crippen LogP) is 1.31. The molecule has 1 heterocycles. The second-order valence-corrected chi connectivity index (χ2v) is 3.88. The molecule has 1 aromatic rings. The Balaban J connectivity index is 2.33. The topological polar surface area (TPSA) is 72.9 Å². The lowest BCUT2D eigenvalue weighted by molar-refractivity contribution is 0.0954. The Hall–Kier alpha value is -1.52. The van der Waals surface area contributed by atoms with Crippen LogP contribution in [0.15, 0.2) is 6.20 Å². The number of aryl methyl sites for hydroxylation is 1. The van der Waals surface area contributed by atoms with E-state index in [0.717, 1.165) is 12.8 Å². The number of nitrogen functional groups attached to an aromatic ring is 1. The molecule has 0 unspecified atom stereocenters. The Labute approximate surface area is 96.0 Å². The van der Waals surface area contributed by atoms with E-state index < -0.39 is 0 Å². The molecule has 1 aromatic heterocycles. The van der Waals surface area contributed by atoms with Crippen LogP contribution >= 0.6 is 0 Å². The number of anilines is 1. The quantitative estimate of drug-likeness (QED) is 0.716. The number of hydrogen-bond donors (Lipinski definition) is 2. The smallest absolute Gasteiger partial charge is 0.256 e. The van der Waals surface area contributed by atoms with Gasteiger partial charge in [-0.15, -0.1) is 0 Å². The number of carbonyl (C=O) groups excluding carboxylic acids is 1. The van der Waals surface area contributed by atoms with Gasteiger partial charge in [0.05, 0.1) is 6.20 Å². The van der Waals surface area contributed by atoms with Crippen LogP contribution in [0.5, 0.6) is 0 Å². The summed E-state index contributed by atoms with van der Waals surface area (Å²) in [6.45, 7) is 2.86. The highest BCUT2D eigenvalue weighted by atomic mass is 16.1. The van der Waals surface area contributed by atoms with E-state index in [9.17, 15) is 4.79 Å². The summed E-state index contributed by atoms with van der Waals surface area (Å²) in [4.78, 5) is 11.7. The molecule has 0 saturated carbocycles. The third-order valence-corrected chi connectivity index (χ3v) is 2.55. The van der Waals surface area contributed by atoms with E-state index in [1.54, 1.807) is 7.05 Å². The third-order valence-electron chi connectivity index (χ3n) is 2.55. The molecular formula is C11H20N4O. The highest BCUT2D eigenvalue weighted by Gasteiger charge is 2.12. The van der Waals surface area contributed by atoms with Crippen LogP contribution in [0.2, 0.25) is 0 Å². The van der Waals surface area contributed by atoms with Crippen molar-refractivity contribution in [3.63, 3.8) is 0 Å². The molecule has 0 aliphatic heterocycles. The summed E-state index contributed by atoms with van der Waals surface area (Å²) in [6.07, 6.45) is 6.07. The van der Waals surface area contributed by atoms with Crippen molar-refractivity contribution < 1.29 is 4.79 Å². The highest BCUT2D eigenvalue weighted by Crippen LogP contribution is 2.08. The SMILES string of the molecule is CCCCCCNC(=O)c1cnn(C)c1N. The third kappa shape index (κ3) is 3.25. The fourth-order valence-corrected chi connectivity index (χ4v) is 1.47. The lowest BCUT2D eigenvalue weighted by Crippen LogP contribution is -2.25. The zero-order chi connectivity index (χ0) is 12.0. The summed E-state index contributed by atoms with van der Waals surface area (Å²) in [5.74, 6) is 0.271. The molecule has 0 aliphatic carbocycles. The number of nitrogens with two attached hydrogens (primary N) is 1. The molecule has 0 atom stereocenters. The van der Waals surface area contributed by atoms with Crippen LogP contribution < -0.4 is 11.1 Å². The van der Waals surface area contributed by atoms with Gasteiger partial charge in [-0.05, 0) is 6.42 Å². The Morgan fingerprint density at radius 2 is 2.25 bits per heavy atom. The van der Waals surface area contributed by atoms with Crippen molar-refractivity contribution in [2.45, 2.75) is 32.6 Å². The molecule has 0 spiro atoms. The van der Waals surface area contributed by atoms with E-state index in [0.29, 0.717) is 17.9 Å². The Morgan fingerprint density at radius 1 is 1.50 bits per heavy atom. The Kier molecular flexibility index (Phi) is 4.82. The maximum absolute atomic E-state index is 11.7. The van der Waals surface area contributed by atoms with Gasteiger partial charge < -0.3 is 11.1 Å². The van der Waals surface area contributed by atoms with Crippen LogP contribution in [0.25, 0.3) is 0 Å². The number of aromatic nitrogens is 2. The van der Waals surface area contributed by atoms with Gasteiger partial charge in [0.2, 0.25) is 0 Å². The lowest BCUT2D eigenvalue weighted by Gasteiger charge is -2.04. The van der Waals surface area contributed by atoms with Crippen LogP contribution in [0.1, 0.15) is 43.0 Å². The Morgan fingerprint density at radius 3 is 2.81 bits per heavy atom. The fourth-order valence-electron chi connectivity index (χ4n) is 1.47. The second kappa shape index (κ2) is 6.15. The summed E-state index contributed by atoms with van der Waals surface area (Å²) in [5, 5.41) is 6.77. The number of nitrogens with zero attached hydrogens (tertiary/aromatic N) is 2. The molecule has 0 aliphatic rings.